The van der Waals surface area contributed by atoms with Crippen molar-refractivity contribution in [2.24, 2.45) is 0 Å². The predicted molar refractivity (Wildman–Crippen MR) is 86.2 cm³/mol. The smallest absolute Gasteiger partial charge is 0.242 e. The van der Waals surface area contributed by atoms with Crippen molar-refractivity contribution in [1.29, 1.82) is 0 Å². The highest BCUT2D eigenvalue weighted by Crippen LogP contribution is 2.25. The van der Waals surface area contributed by atoms with Gasteiger partial charge in [-0.2, -0.15) is 0 Å². The monoisotopic (exact) mass is 362 g/mol. The third-order valence-corrected chi connectivity index (χ3v) is 5.63. The molecular weight excluding hydrogens is 340 g/mol. The fourth-order valence-corrected chi connectivity index (χ4v) is 4.74. The van der Waals surface area contributed by atoms with Crippen molar-refractivity contribution < 1.29 is 8.42 Å². The zero-order valence-corrected chi connectivity index (χ0v) is 14.9. The molecule has 0 saturated heterocycles. The van der Waals surface area contributed by atoms with Crippen LogP contribution < -0.4 is 10.0 Å². The molecular formula is C14H23BrN2O2S. The third kappa shape index (κ3) is 4.84. The molecule has 0 amide bonds. The second kappa shape index (κ2) is 7.02. The molecule has 6 heteroatoms. The first kappa shape index (κ1) is 17.6. The van der Waals surface area contributed by atoms with Gasteiger partial charge in [0.15, 0.2) is 0 Å². The minimum Gasteiger partial charge on any atom is -0.316 e. The van der Waals surface area contributed by atoms with Crippen molar-refractivity contribution in [3.8, 4) is 0 Å². The molecule has 0 spiro atoms. The van der Waals surface area contributed by atoms with E-state index in [1.54, 1.807) is 6.07 Å². The summed E-state index contributed by atoms with van der Waals surface area (Å²) in [6.45, 7) is 6.54. The summed E-state index contributed by atoms with van der Waals surface area (Å²) < 4.78 is 28.3. The Morgan fingerprint density at radius 2 is 1.95 bits per heavy atom. The summed E-state index contributed by atoms with van der Waals surface area (Å²) in [5.74, 6) is 0. The zero-order chi connectivity index (χ0) is 15.4. The van der Waals surface area contributed by atoms with Gasteiger partial charge in [-0.1, -0.05) is 19.4 Å². The second-order valence-corrected chi connectivity index (χ2v) is 8.04. The maximum Gasteiger partial charge on any atom is 0.242 e. The van der Waals surface area contributed by atoms with Gasteiger partial charge in [0.1, 0.15) is 0 Å². The van der Waals surface area contributed by atoms with Gasteiger partial charge in [0, 0.05) is 16.6 Å². The highest BCUT2D eigenvalue weighted by molar-refractivity contribution is 9.10. The predicted octanol–water partition coefficient (Wildman–Crippen LogP) is 3.03. The lowest BCUT2D eigenvalue weighted by molar-refractivity contribution is 0.417. The third-order valence-electron chi connectivity index (χ3n) is 2.95. The number of sulfonamides is 1. The van der Waals surface area contributed by atoms with Crippen molar-refractivity contribution in [3.05, 3.63) is 28.2 Å². The van der Waals surface area contributed by atoms with Crippen molar-refractivity contribution in [3.63, 3.8) is 0 Å². The molecule has 4 nitrogen and oxygen atoms in total. The van der Waals surface area contributed by atoms with E-state index < -0.39 is 15.6 Å². The Hall–Kier alpha value is -0.430. The van der Waals surface area contributed by atoms with Crippen LogP contribution in [0.1, 0.15) is 39.2 Å². The molecule has 1 aromatic rings. The van der Waals surface area contributed by atoms with Gasteiger partial charge in [0.25, 0.3) is 0 Å². The van der Waals surface area contributed by atoms with Crippen LogP contribution in [0.3, 0.4) is 0 Å². The summed E-state index contributed by atoms with van der Waals surface area (Å²) in [6, 6.07) is 5.29. The van der Waals surface area contributed by atoms with Gasteiger partial charge in [-0.25, -0.2) is 13.1 Å². The number of halogens is 1. The number of benzene rings is 1. The van der Waals surface area contributed by atoms with E-state index in [1.807, 2.05) is 40.0 Å². The zero-order valence-electron chi connectivity index (χ0n) is 12.5. The first-order chi connectivity index (χ1) is 9.22. The Morgan fingerprint density at radius 1 is 1.30 bits per heavy atom. The van der Waals surface area contributed by atoms with E-state index in [9.17, 15) is 8.42 Å². The standard InChI is InChI=1S/C14H23BrN2O2S/c1-5-8-14(2,3)17-20(18,19)13-7-6-11(10-16-4)9-12(13)15/h6-7,9,16-17H,5,8,10H2,1-4H3. The van der Waals surface area contributed by atoms with Gasteiger partial charge < -0.3 is 5.32 Å². The van der Waals surface area contributed by atoms with Crippen LogP contribution in [0.5, 0.6) is 0 Å². The molecule has 0 heterocycles. The quantitative estimate of drug-likeness (QED) is 0.783. The van der Waals surface area contributed by atoms with Gasteiger partial charge in [-0.15, -0.1) is 0 Å². The van der Waals surface area contributed by atoms with Gasteiger partial charge in [-0.05, 0) is 60.9 Å². The fraction of sp³-hybridized carbons (Fsp3) is 0.571. The molecule has 20 heavy (non-hydrogen) atoms. The molecule has 0 saturated carbocycles. The first-order valence-electron chi connectivity index (χ1n) is 6.69. The maximum absolute atomic E-state index is 12.5. The number of hydrogen-bond donors (Lipinski definition) is 2. The van der Waals surface area contributed by atoms with E-state index in [1.165, 1.54) is 0 Å². The van der Waals surface area contributed by atoms with Crippen LogP contribution in [-0.4, -0.2) is 21.0 Å². The lowest BCUT2D eigenvalue weighted by atomic mass is 10.0. The molecule has 2 N–H and O–H groups in total. The Labute approximate surface area is 130 Å². The molecule has 1 rings (SSSR count). The summed E-state index contributed by atoms with van der Waals surface area (Å²) in [5, 5.41) is 3.04. The molecule has 0 aliphatic rings. The van der Waals surface area contributed by atoms with E-state index in [0.29, 0.717) is 11.0 Å². The molecule has 0 atom stereocenters. The molecule has 0 radical (unpaired) electrons. The molecule has 0 aromatic heterocycles. The van der Waals surface area contributed by atoms with Crippen LogP contribution in [0.2, 0.25) is 0 Å². The highest BCUT2D eigenvalue weighted by atomic mass is 79.9. The van der Waals surface area contributed by atoms with Crippen molar-refractivity contribution in [2.75, 3.05) is 7.05 Å². The summed E-state index contributed by atoms with van der Waals surface area (Å²) in [4.78, 5) is 0.279. The van der Waals surface area contributed by atoms with E-state index in [4.69, 9.17) is 0 Å². The second-order valence-electron chi connectivity index (χ2n) is 5.53. The van der Waals surface area contributed by atoms with E-state index in [-0.39, 0.29) is 4.90 Å². The fourth-order valence-electron chi connectivity index (χ4n) is 2.17. The largest absolute Gasteiger partial charge is 0.316 e. The van der Waals surface area contributed by atoms with Crippen LogP contribution in [-0.2, 0) is 16.6 Å². The lowest BCUT2D eigenvalue weighted by Gasteiger charge is -2.25. The molecule has 114 valence electrons. The first-order valence-corrected chi connectivity index (χ1v) is 8.96. The summed E-state index contributed by atoms with van der Waals surface area (Å²) in [6.07, 6.45) is 1.72. The molecule has 1 aromatic carbocycles. The Balaban J connectivity index is 3.04. The van der Waals surface area contributed by atoms with Gasteiger partial charge in [0.2, 0.25) is 10.0 Å². The topological polar surface area (TPSA) is 58.2 Å². The van der Waals surface area contributed by atoms with Crippen molar-refractivity contribution >= 4 is 26.0 Å². The lowest BCUT2D eigenvalue weighted by Crippen LogP contribution is -2.43. The SMILES string of the molecule is CCCC(C)(C)NS(=O)(=O)c1ccc(CNC)cc1Br. The van der Waals surface area contributed by atoms with Crippen LogP contribution in [0.25, 0.3) is 0 Å². The average Bonchev–Trinajstić information content (AvgIpc) is 2.27. The van der Waals surface area contributed by atoms with Crippen LogP contribution in [0.4, 0.5) is 0 Å². The minimum absolute atomic E-state index is 0.279. The summed E-state index contributed by atoms with van der Waals surface area (Å²) >= 11 is 3.35. The number of rotatable bonds is 7. The molecule has 0 unspecified atom stereocenters. The van der Waals surface area contributed by atoms with Gasteiger partial charge >= 0.3 is 0 Å². The normalized spacial score (nSPS) is 12.7. The van der Waals surface area contributed by atoms with E-state index in [0.717, 1.165) is 18.4 Å². The molecule has 0 fully saturated rings. The van der Waals surface area contributed by atoms with Crippen LogP contribution in [0.15, 0.2) is 27.6 Å². The van der Waals surface area contributed by atoms with Gasteiger partial charge in [-0.3, -0.25) is 0 Å². The van der Waals surface area contributed by atoms with Crippen molar-refractivity contribution in [1.82, 2.24) is 10.0 Å². The maximum atomic E-state index is 12.5. The van der Waals surface area contributed by atoms with Gasteiger partial charge in [0.05, 0.1) is 4.90 Å². The summed E-state index contributed by atoms with van der Waals surface area (Å²) in [5.41, 5.74) is 0.586. The molecule has 0 aliphatic carbocycles. The average molecular weight is 363 g/mol. The Bertz CT molecular complexity index is 556. The Morgan fingerprint density at radius 3 is 2.45 bits per heavy atom. The Kier molecular flexibility index (Phi) is 6.19. The van der Waals surface area contributed by atoms with E-state index in [2.05, 4.69) is 26.0 Å². The number of hydrogen-bond acceptors (Lipinski definition) is 3. The van der Waals surface area contributed by atoms with Crippen LogP contribution in [0, 0.1) is 0 Å². The van der Waals surface area contributed by atoms with Crippen LogP contribution >= 0.6 is 15.9 Å². The molecule has 0 aliphatic heterocycles. The summed E-state index contributed by atoms with van der Waals surface area (Å²) in [7, 11) is -1.67. The van der Waals surface area contributed by atoms with E-state index >= 15 is 0 Å². The minimum atomic E-state index is -3.52. The number of nitrogens with one attached hydrogen (secondary N) is 2. The molecule has 0 bridgehead atoms. The van der Waals surface area contributed by atoms with Crippen molar-refractivity contribution in [2.45, 2.75) is 50.6 Å². The highest BCUT2D eigenvalue weighted by Gasteiger charge is 2.26.